The quantitative estimate of drug-likeness (QED) is 0.662. The summed E-state index contributed by atoms with van der Waals surface area (Å²) in [6, 6.07) is 2.33. The van der Waals surface area contributed by atoms with Gasteiger partial charge in [-0.2, -0.15) is 0 Å². The van der Waals surface area contributed by atoms with Crippen LogP contribution in [0.4, 0.5) is 0 Å². The van der Waals surface area contributed by atoms with Crippen LogP contribution in [-0.4, -0.2) is 12.1 Å². The number of unbranched alkanes of at least 4 members (excludes halogenated alkanes) is 3. The van der Waals surface area contributed by atoms with Crippen LogP contribution in [0, 0.1) is 27.7 Å². The molecule has 0 unspecified atom stereocenters. The topological polar surface area (TPSA) is 12.0 Å². The summed E-state index contributed by atoms with van der Waals surface area (Å²) in [6.45, 7) is 16.9. The zero-order chi connectivity index (χ0) is 16.0. The summed E-state index contributed by atoms with van der Waals surface area (Å²) in [7, 11) is 0. The number of nitrogens with one attached hydrogen (secondary N) is 1. The second-order valence-corrected chi connectivity index (χ2v) is 7.58. The molecule has 0 heterocycles. The summed E-state index contributed by atoms with van der Waals surface area (Å²) in [5.74, 6) is 0. The summed E-state index contributed by atoms with van der Waals surface area (Å²) in [4.78, 5) is 0. The van der Waals surface area contributed by atoms with Gasteiger partial charge in [-0.3, -0.25) is 0 Å². The van der Waals surface area contributed by atoms with Gasteiger partial charge in [0, 0.05) is 5.54 Å². The molecule has 1 nitrogen and oxygen atoms in total. The van der Waals surface area contributed by atoms with Crippen molar-refractivity contribution in [2.24, 2.45) is 0 Å². The Morgan fingerprint density at radius 2 is 1.33 bits per heavy atom. The standard InChI is InChI=1S/C20H35N/c1-15-14-16(2)18(4)19(17(15)3)12-10-8-9-11-13-21-20(5,6)7/h14,21H,8-13H2,1-7H3. The molecule has 0 aliphatic rings. The van der Waals surface area contributed by atoms with Gasteiger partial charge in [-0.05, 0) is 102 Å². The molecule has 0 bridgehead atoms. The van der Waals surface area contributed by atoms with Gasteiger partial charge in [0.2, 0.25) is 0 Å². The van der Waals surface area contributed by atoms with E-state index in [-0.39, 0.29) is 5.54 Å². The third-order valence-corrected chi connectivity index (χ3v) is 4.53. The molecule has 0 spiro atoms. The van der Waals surface area contributed by atoms with E-state index in [4.69, 9.17) is 0 Å². The predicted octanol–water partition coefficient (Wildman–Crippen LogP) is 5.41. The van der Waals surface area contributed by atoms with Gasteiger partial charge < -0.3 is 5.32 Å². The molecule has 0 aliphatic heterocycles. The summed E-state index contributed by atoms with van der Waals surface area (Å²) >= 11 is 0. The first-order valence-corrected chi connectivity index (χ1v) is 8.53. The molecule has 21 heavy (non-hydrogen) atoms. The van der Waals surface area contributed by atoms with Crippen molar-refractivity contribution in [1.82, 2.24) is 5.32 Å². The van der Waals surface area contributed by atoms with E-state index < -0.39 is 0 Å². The van der Waals surface area contributed by atoms with E-state index in [1.54, 1.807) is 5.56 Å². The van der Waals surface area contributed by atoms with Gasteiger partial charge in [0.15, 0.2) is 0 Å². The molecule has 0 amide bonds. The van der Waals surface area contributed by atoms with Crippen molar-refractivity contribution in [1.29, 1.82) is 0 Å². The van der Waals surface area contributed by atoms with Gasteiger partial charge in [0.25, 0.3) is 0 Å². The second kappa shape index (κ2) is 7.98. The first-order valence-electron chi connectivity index (χ1n) is 8.53. The van der Waals surface area contributed by atoms with Crippen molar-refractivity contribution < 1.29 is 0 Å². The molecule has 120 valence electrons. The van der Waals surface area contributed by atoms with E-state index in [2.05, 4.69) is 59.8 Å². The van der Waals surface area contributed by atoms with Crippen molar-refractivity contribution in [2.45, 2.75) is 86.1 Å². The Hall–Kier alpha value is -0.820. The molecule has 0 aliphatic carbocycles. The van der Waals surface area contributed by atoms with Crippen LogP contribution in [0.15, 0.2) is 6.07 Å². The Kier molecular flexibility index (Phi) is 6.93. The lowest BCUT2D eigenvalue weighted by atomic mass is 9.91. The number of rotatable bonds is 7. The van der Waals surface area contributed by atoms with Crippen molar-refractivity contribution in [3.8, 4) is 0 Å². The van der Waals surface area contributed by atoms with Crippen LogP contribution in [0.2, 0.25) is 0 Å². The number of benzene rings is 1. The Bertz CT molecular complexity index is 426. The van der Waals surface area contributed by atoms with E-state index in [9.17, 15) is 0 Å². The Morgan fingerprint density at radius 3 is 1.86 bits per heavy atom. The van der Waals surface area contributed by atoms with Crippen LogP contribution in [0.5, 0.6) is 0 Å². The summed E-state index contributed by atoms with van der Waals surface area (Å²) in [6.07, 6.45) is 6.54. The van der Waals surface area contributed by atoms with Gasteiger partial charge in [-0.1, -0.05) is 18.9 Å². The highest BCUT2D eigenvalue weighted by Crippen LogP contribution is 2.23. The van der Waals surface area contributed by atoms with Crippen LogP contribution in [0.1, 0.15) is 74.3 Å². The molecular weight excluding hydrogens is 254 g/mol. The lowest BCUT2D eigenvalue weighted by Crippen LogP contribution is -2.36. The highest BCUT2D eigenvalue weighted by molar-refractivity contribution is 5.43. The maximum absolute atomic E-state index is 3.56. The SMILES string of the molecule is Cc1cc(C)c(C)c(CCCCCCNC(C)(C)C)c1C. The summed E-state index contributed by atoms with van der Waals surface area (Å²) in [5, 5.41) is 3.56. The normalized spacial score (nSPS) is 12.0. The number of hydrogen-bond donors (Lipinski definition) is 1. The third kappa shape index (κ3) is 6.22. The zero-order valence-electron chi connectivity index (χ0n) is 15.3. The average Bonchev–Trinajstić information content (AvgIpc) is 2.37. The molecule has 1 heteroatoms. The number of aryl methyl sites for hydroxylation is 2. The Balaban J connectivity index is 2.34. The minimum atomic E-state index is 0.257. The fourth-order valence-corrected chi connectivity index (χ4v) is 2.92. The molecule has 1 rings (SSSR count). The Labute approximate surface area is 132 Å². The van der Waals surface area contributed by atoms with Crippen molar-refractivity contribution >= 4 is 0 Å². The van der Waals surface area contributed by atoms with Crippen molar-refractivity contribution in [3.05, 3.63) is 33.9 Å². The van der Waals surface area contributed by atoms with Crippen LogP contribution in [0.3, 0.4) is 0 Å². The smallest absolute Gasteiger partial charge is 0.00965 e. The fraction of sp³-hybridized carbons (Fsp3) is 0.700. The molecule has 1 N–H and O–H groups in total. The van der Waals surface area contributed by atoms with E-state index in [1.807, 2.05) is 0 Å². The average molecular weight is 290 g/mol. The van der Waals surface area contributed by atoms with Gasteiger partial charge in [-0.15, -0.1) is 0 Å². The van der Waals surface area contributed by atoms with Crippen LogP contribution < -0.4 is 5.32 Å². The molecule has 0 atom stereocenters. The van der Waals surface area contributed by atoms with Gasteiger partial charge in [-0.25, -0.2) is 0 Å². The first-order chi connectivity index (χ1) is 9.72. The lowest BCUT2D eigenvalue weighted by molar-refractivity contribution is 0.416. The van der Waals surface area contributed by atoms with Gasteiger partial charge >= 0.3 is 0 Å². The van der Waals surface area contributed by atoms with Gasteiger partial charge in [0.05, 0.1) is 0 Å². The summed E-state index contributed by atoms with van der Waals surface area (Å²) < 4.78 is 0. The van der Waals surface area contributed by atoms with Crippen LogP contribution >= 0.6 is 0 Å². The highest BCUT2D eigenvalue weighted by atomic mass is 14.9. The Morgan fingerprint density at radius 1 is 0.810 bits per heavy atom. The molecule has 1 aromatic carbocycles. The molecule has 0 saturated carbocycles. The maximum Gasteiger partial charge on any atom is 0.00965 e. The molecule has 0 aromatic heterocycles. The third-order valence-electron chi connectivity index (χ3n) is 4.53. The van der Waals surface area contributed by atoms with E-state index >= 15 is 0 Å². The molecule has 0 fully saturated rings. The molecule has 1 aromatic rings. The van der Waals surface area contributed by atoms with E-state index in [1.165, 1.54) is 54.4 Å². The van der Waals surface area contributed by atoms with Crippen molar-refractivity contribution in [3.63, 3.8) is 0 Å². The van der Waals surface area contributed by atoms with Gasteiger partial charge in [0.1, 0.15) is 0 Å². The minimum absolute atomic E-state index is 0.257. The molecular formula is C20H35N. The first kappa shape index (κ1) is 18.2. The second-order valence-electron chi connectivity index (χ2n) is 7.58. The minimum Gasteiger partial charge on any atom is -0.312 e. The lowest BCUT2D eigenvalue weighted by Gasteiger charge is -2.20. The fourth-order valence-electron chi connectivity index (χ4n) is 2.92. The molecule has 0 radical (unpaired) electrons. The highest BCUT2D eigenvalue weighted by Gasteiger charge is 2.09. The zero-order valence-corrected chi connectivity index (χ0v) is 15.3. The largest absolute Gasteiger partial charge is 0.312 e. The summed E-state index contributed by atoms with van der Waals surface area (Å²) in [5.41, 5.74) is 7.76. The maximum atomic E-state index is 3.56. The van der Waals surface area contributed by atoms with E-state index in [0.717, 1.165) is 6.54 Å². The monoisotopic (exact) mass is 289 g/mol. The number of hydrogen-bond acceptors (Lipinski definition) is 1. The van der Waals surface area contributed by atoms with Crippen LogP contribution in [0.25, 0.3) is 0 Å². The van der Waals surface area contributed by atoms with E-state index in [0.29, 0.717) is 0 Å². The predicted molar refractivity (Wildman–Crippen MR) is 95.3 cm³/mol. The molecule has 0 saturated heterocycles. The van der Waals surface area contributed by atoms with Crippen LogP contribution in [-0.2, 0) is 6.42 Å². The van der Waals surface area contributed by atoms with Crippen molar-refractivity contribution in [2.75, 3.05) is 6.54 Å².